The van der Waals surface area contributed by atoms with Gasteiger partial charge >= 0.3 is 0 Å². The van der Waals surface area contributed by atoms with Crippen LogP contribution in [0, 0.1) is 11.3 Å². The summed E-state index contributed by atoms with van der Waals surface area (Å²) in [6.45, 7) is 11.2. The lowest BCUT2D eigenvalue weighted by atomic mass is 9.63. The van der Waals surface area contributed by atoms with E-state index in [9.17, 15) is 4.79 Å². The lowest BCUT2D eigenvalue weighted by Crippen LogP contribution is -2.45. The molecule has 17 heavy (non-hydrogen) atoms. The van der Waals surface area contributed by atoms with Gasteiger partial charge in [0.2, 0.25) is 0 Å². The molecule has 0 amide bonds. The Bertz CT molecular complexity index is 341. The first-order valence-electron chi connectivity index (χ1n) is 6.11. The van der Waals surface area contributed by atoms with Crippen molar-refractivity contribution >= 4 is 6.29 Å². The molecule has 1 heterocycles. The fraction of sp³-hybridized carbons (Fsp3) is 0.643. The van der Waals surface area contributed by atoms with Crippen molar-refractivity contribution in [2.24, 2.45) is 11.3 Å². The third-order valence-corrected chi connectivity index (χ3v) is 4.14. The number of allylic oxidation sites excluding steroid dienone is 2. The van der Waals surface area contributed by atoms with Crippen LogP contribution >= 0.6 is 0 Å². The summed E-state index contributed by atoms with van der Waals surface area (Å²) >= 11 is 0. The van der Waals surface area contributed by atoms with Gasteiger partial charge in [-0.1, -0.05) is 19.6 Å². The second-order valence-electron chi connectivity index (χ2n) is 5.28. The van der Waals surface area contributed by atoms with Crippen LogP contribution in [0.1, 0.15) is 26.2 Å². The largest absolute Gasteiger partial charge is 0.348 e. The van der Waals surface area contributed by atoms with Crippen molar-refractivity contribution in [3.05, 3.63) is 24.8 Å². The summed E-state index contributed by atoms with van der Waals surface area (Å²) in [7, 11) is 0. The van der Waals surface area contributed by atoms with Crippen LogP contribution in [0.2, 0.25) is 0 Å². The zero-order valence-corrected chi connectivity index (χ0v) is 10.4. The van der Waals surface area contributed by atoms with Crippen molar-refractivity contribution in [3.8, 4) is 0 Å². The third-order valence-electron chi connectivity index (χ3n) is 4.14. The molecule has 0 aromatic carbocycles. The van der Waals surface area contributed by atoms with E-state index in [1.807, 2.05) is 6.08 Å². The molecule has 2 atom stereocenters. The first-order chi connectivity index (χ1) is 8.05. The highest BCUT2D eigenvalue weighted by molar-refractivity contribution is 5.73. The first kappa shape index (κ1) is 12.5. The predicted molar refractivity (Wildman–Crippen MR) is 65.5 cm³/mol. The summed E-state index contributed by atoms with van der Waals surface area (Å²) in [6, 6.07) is 0. The summed E-state index contributed by atoms with van der Waals surface area (Å²) < 4.78 is 11.5. The lowest BCUT2D eigenvalue weighted by molar-refractivity contribution is -0.201. The summed E-state index contributed by atoms with van der Waals surface area (Å²) in [5.74, 6) is -0.307. The molecule has 94 valence electrons. The second-order valence-corrected chi connectivity index (χ2v) is 5.28. The van der Waals surface area contributed by atoms with Gasteiger partial charge in [-0.25, -0.2) is 0 Å². The molecule has 0 N–H and O–H groups in total. The van der Waals surface area contributed by atoms with Crippen LogP contribution in [0.25, 0.3) is 0 Å². The summed E-state index contributed by atoms with van der Waals surface area (Å²) in [5.41, 5.74) is 0.473. The fourth-order valence-corrected chi connectivity index (χ4v) is 3.13. The van der Waals surface area contributed by atoms with E-state index in [4.69, 9.17) is 9.47 Å². The van der Waals surface area contributed by atoms with Gasteiger partial charge in [0.15, 0.2) is 5.79 Å². The van der Waals surface area contributed by atoms with Gasteiger partial charge in [0.25, 0.3) is 0 Å². The van der Waals surface area contributed by atoms with E-state index in [1.165, 1.54) is 0 Å². The number of hydrogen-bond donors (Lipinski definition) is 0. The van der Waals surface area contributed by atoms with Gasteiger partial charge in [-0.2, -0.15) is 0 Å². The van der Waals surface area contributed by atoms with Crippen LogP contribution in [-0.4, -0.2) is 25.3 Å². The molecule has 3 heteroatoms. The van der Waals surface area contributed by atoms with Crippen LogP contribution in [0.15, 0.2) is 24.8 Å². The molecule has 2 fully saturated rings. The molecule has 2 rings (SSSR count). The maximum atomic E-state index is 10.9. The van der Waals surface area contributed by atoms with Gasteiger partial charge in [0.05, 0.1) is 13.2 Å². The van der Waals surface area contributed by atoms with Crippen molar-refractivity contribution in [2.45, 2.75) is 32.0 Å². The van der Waals surface area contributed by atoms with E-state index in [1.54, 1.807) is 0 Å². The van der Waals surface area contributed by atoms with Crippen molar-refractivity contribution in [2.75, 3.05) is 13.2 Å². The maximum absolute atomic E-state index is 10.9. The molecule has 1 saturated heterocycles. The number of aldehydes is 1. The Morgan fingerprint density at radius 3 is 2.59 bits per heavy atom. The Morgan fingerprint density at radius 2 is 2.06 bits per heavy atom. The normalized spacial score (nSPS) is 35.7. The van der Waals surface area contributed by atoms with E-state index >= 15 is 0 Å². The first-order valence-corrected chi connectivity index (χ1v) is 6.11. The Labute approximate surface area is 102 Å². The number of carbonyl (C=O) groups is 1. The van der Waals surface area contributed by atoms with Gasteiger partial charge in [-0.15, -0.1) is 6.58 Å². The van der Waals surface area contributed by atoms with Gasteiger partial charge in [-0.05, 0) is 23.3 Å². The molecule has 0 bridgehead atoms. The summed E-state index contributed by atoms with van der Waals surface area (Å²) in [4.78, 5) is 10.9. The average molecular weight is 236 g/mol. The molecule has 1 aliphatic carbocycles. The molecule has 2 unspecified atom stereocenters. The van der Waals surface area contributed by atoms with Gasteiger partial charge in [0.1, 0.15) is 6.29 Å². The molecule has 1 saturated carbocycles. The molecule has 0 radical (unpaired) electrons. The van der Waals surface area contributed by atoms with Crippen LogP contribution in [0.4, 0.5) is 0 Å². The Balaban J connectivity index is 2.22. The monoisotopic (exact) mass is 236 g/mol. The van der Waals surface area contributed by atoms with Crippen molar-refractivity contribution in [3.63, 3.8) is 0 Å². The molecule has 2 aliphatic rings. The fourth-order valence-electron chi connectivity index (χ4n) is 3.13. The SMILES string of the molecule is C=CC1(C)CC2(CCC1C(=C)C=O)OCCO2. The number of hydrogen-bond acceptors (Lipinski definition) is 3. The van der Waals surface area contributed by atoms with Crippen molar-refractivity contribution < 1.29 is 14.3 Å². The van der Waals surface area contributed by atoms with Crippen molar-refractivity contribution in [1.82, 2.24) is 0 Å². The minimum Gasteiger partial charge on any atom is -0.348 e. The zero-order valence-electron chi connectivity index (χ0n) is 10.4. The van der Waals surface area contributed by atoms with Crippen LogP contribution in [-0.2, 0) is 14.3 Å². The average Bonchev–Trinajstić information content (AvgIpc) is 2.76. The second kappa shape index (κ2) is 4.39. The molecule has 0 aromatic heterocycles. The highest BCUT2D eigenvalue weighted by atomic mass is 16.7. The number of rotatable bonds is 3. The predicted octanol–water partition coefficient (Wildman–Crippen LogP) is 2.48. The quantitative estimate of drug-likeness (QED) is 0.429. The summed E-state index contributed by atoms with van der Waals surface area (Å²) in [5, 5.41) is 0. The smallest absolute Gasteiger partial charge is 0.169 e. The summed E-state index contributed by atoms with van der Waals surface area (Å²) in [6.07, 6.45) is 5.22. The maximum Gasteiger partial charge on any atom is 0.169 e. The topological polar surface area (TPSA) is 35.5 Å². The molecular formula is C14H20O3. The molecule has 1 aliphatic heterocycles. The number of ether oxygens (including phenoxy) is 2. The van der Waals surface area contributed by atoms with E-state index in [-0.39, 0.29) is 11.3 Å². The van der Waals surface area contributed by atoms with E-state index in [0.29, 0.717) is 18.8 Å². The Hall–Kier alpha value is -0.930. The Morgan fingerprint density at radius 1 is 1.41 bits per heavy atom. The van der Waals surface area contributed by atoms with E-state index < -0.39 is 5.79 Å². The molecule has 0 aromatic rings. The van der Waals surface area contributed by atoms with Gasteiger partial charge in [-0.3, -0.25) is 4.79 Å². The van der Waals surface area contributed by atoms with Gasteiger partial charge < -0.3 is 9.47 Å². The lowest BCUT2D eigenvalue weighted by Gasteiger charge is -2.46. The minimum atomic E-state index is -0.456. The van der Waals surface area contributed by atoms with Crippen LogP contribution in [0.5, 0.6) is 0 Å². The van der Waals surface area contributed by atoms with Crippen molar-refractivity contribution in [1.29, 1.82) is 0 Å². The Kier molecular flexibility index (Phi) is 3.23. The molecule has 3 nitrogen and oxygen atoms in total. The zero-order chi connectivity index (χ0) is 12.5. The van der Waals surface area contributed by atoms with Crippen LogP contribution < -0.4 is 0 Å². The molecule has 1 spiro atoms. The van der Waals surface area contributed by atoms with E-state index in [0.717, 1.165) is 25.5 Å². The molecular weight excluding hydrogens is 216 g/mol. The van der Waals surface area contributed by atoms with Crippen LogP contribution in [0.3, 0.4) is 0 Å². The van der Waals surface area contributed by atoms with E-state index in [2.05, 4.69) is 20.1 Å². The third kappa shape index (κ3) is 2.09. The minimum absolute atomic E-state index is 0.149. The number of carbonyl (C=O) groups excluding carboxylic acids is 1. The van der Waals surface area contributed by atoms with Gasteiger partial charge in [0, 0.05) is 12.8 Å². The standard InChI is InChI=1S/C14H20O3/c1-4-13(3)10-14(16-7-8-17-14)6-5-12(13)11(2)9-15/h4,9,12H,1-2,5-8,10H2,3H3. The highest BCUT2D eigenvalue weighted by Gasteiger charge is 2.50. The highest BCUT2D eigenvalue weighted by Crippen LogP contribution is 2.51.